The minimum atomic E-state index is -0.106. The molecular weight excluding hydrogens is 272 g/mol. The second-order valence-electron chi connectivity index (χ2n) is 8.20. The Bertz CT molecular complexity index is 520. The van der Waals surface area contributed by atoms with E-state index < -0.39 is 0 Å². The molecule has 2 heteroatoms. The molecule has 0 heterocycles. The summed E-state index contributed by atoms with van der Waals surface area (Å²) in [7, 11) is 0. The minimum Gasteiger partial charge on any atom is -0.462 e. The number of carbonyl (C=O) groups is 1. The lowest BCUT2D eigenvalue weighted by Crippen LogP contribution is -2.47. The van der Waals surface area contributed by atoms with E-state index in [1.807, 2.05) is 0 Å². The summed E-state index contributed by atoms with van der Waals surface area (Å²) < 4.78 is 5.70. The Hall–Kier alpha value is -1.05. The van der Waals surface area contributed by atoms with Crippen LogP contribution in [-0.2, 0) is 9.53 Å². The maximum absolute atomic E-state index is 11.4. The van der Waals surface area contributed by atoms with Crippen molar-refractivity contribution in [2.45, 2.75) is 58.5 Å². The second kappa shape index (κ2) is 5.25. The smallest absolute Gasteiger partial charge is 0.302 e. The summed E-state index contributed by atoms with van der Waals surface area (Å²) in [5.74, 6) is 3.72. The lowest BCUT2D eigenvalue weighted by atomic mass is 9.53. The van der Waals surface area contributed by atoms with Crippen LogP contribution in [0.3, 0.4) is 0 Å². The molecule has 0 spiro atoms. The third-order valence-electron chi connectivity index (χ3n) is 7.23. The fourth-order valence-electron chi connectivity index (χ4n) is 6.19. The SMILES string of the molecule is CC(=O)O[C@H]1CCC2C3C=CC4C=CCC[C@@H]4C3CC[C@@]21C. The molecule has 7 atom stereocenters. The van der Waals surface area contributed by atoms with E-state index in [4.69, 9.17) is 4.74 Å². The second-order valence-corrected chi connectivity index (χ2v) is 8.20. The van der Waals surface area contributed by atoms with E-state index in [1.165, 1.54) is 32.1 Å². The molecule has 2 nitrogen and oxygen atoms in total. The first-order valence-corrected chi connectivity index (χ1v) is 9.12. The van der Waals surface area contributed by atoms with Gasteiger partial charge in [0.25, 0.3) is 0 Å². The van der Waals surface area contributed by atoms with Gasteiger partial charge in [-0.3, -0.25) is 4.79 Å². The van der Waals surface area contributed by atoms with Crippen molar-refractivity contribution in [1.29, 1.82) is 0 Å². The van der Waals surface area contributed by atoms with Crippen LogP contribution in [0.25, 0.3) is 0 Å². The lowest BCUT2D eigenvalue weighted by molar-refractivity contribution is -0.155. The Labute approximate surface area is 134 Å². The van der Waals surface area contributed by atoms with Crippen molar-refractivity contribution in [3.63, 3.8) is 0 Å². The summed E-state index contributed by atoms with van der Waals surface area (Å²) in [5, 5.41) is 0. The molecule has 0 aliphatic heterocycles. The van der Waals surface area contributed by atoms with E-state index >= 15 is 0 Å². The maximum atomic E-state index is 11.4. The number of hydrogen-bond acceptors (Lipinski definition) is 2. The van der Waals surface area contributed by atoms with Crippen LogP contribution in [0.5, 0.6) is 0 Å². The molecule has 2 fully saturated rings. The predicted octanol–water partition coefficient (Wildman–Crippen LogP) is 4.51. The number of esters is 1. The Morgan fingerprint density at radius 2 is 1.95 bits per heavy atom. The highest BCUT2D eigenvalue weighted by molar-refractivity contribution is 5.66. The number of carbonyl (C=O) groups excluding carboxylic acids is 1. The molecule has 4 unspecified atom stereocenters. The van der Waals surface area contributed by atoms with Crippen LogP contribution in [0.4, 0.5) is 0 Å². The zero-order valence-electron chi connectivity index (χ0n) is 13.8. The zero-order valence-corrected chi connectivity index (χ0v) is 13.8. The number of rotatable bonds is 1. The molecule has 0 radical (unpaired) electrons. The largest absolute Gasteiger partial charge is 0.462 e. The summed E-state index contributed by atoms with van der Waals surface area (Å²) in [6.45, 7) is 3.94. The van der Waals surface area contributed by atoms with E-state index in [0.29, 0.717) is 17.8 Å². The summed E-state index contributed by atoms with van der Waals surface area (Å²) in [4.78, 5) is 11.4. The normalized spacial score (nSPS) is 49.2. The topological polar surface area (TPSA) is 26.3 Å². The van der Waals surface area contributed by atoms with Gasteiger partial charge in [-0.2, -0.15) is 0 Å². The van der Waals surface area contributed by atoms with Crippen molar-refractivity contribution in [3.05, 3.63) is 24.3 Å². The summed E-state index contributed by atoms with van der Waals surface area (Å²) >= 11 is 0. The molecule has 0 saturated heterocycles. The van der Waals surface area contributed by atoms with E-state index in [2.05, 4.69) is 31.2 Å². The van der Waals surface area contributed by atoms with Crippen molar-refractivity contribution in [3.8, 4) is 0 Å². The zero-order chi connectivity index (χ0) is 15.3. The van der Waals surface area contributed by atoms with Gasteiger partial charge in [0.2, 0.25) is 0 Å². The fraction of sp³-hybridized carbons (Fsp3) is 0.750. The van der Waals surface area contributed by atoms with Crippen LogP contribution in [0, 0.1) is 35.0 Å². The first-order valence-electron chi connectivity index (χ1n) is 9.12. The molecule has 0 aromatic heterocycles. The molecule has 0 aromatic carbocycles. The van der Waals surface area contributed by atoms with E-state index in [0.717, 1.165) is 18.3 Å². The third-order valence-corrected chi connectivity index (χ3v) is 7.23. The summed E-state index contributed by atoms with van der Waals surface area (Å²) in [6.07, 6.45) is 17.4. The van der Waals surface area contributed by atoms with E-state index in [-0.39, 0.29) is 17.5 Å². The number of hydrogen-bond donors (Lipinski definition) is 0. The summed E-state index contributed by atoms with van der Waals surface area (Å²) in [6, 6.07) is 0. The molecule has 4 rings (SSSR count). The van der Waals surface area contributed by atoms with Crippen LogP contribution in [0.2, 0.25) is 0 Å². The van der Waals surface area contributed by atoms with Gasteiger partial charge in [-0.1, -0.05) is 31.2 Å². The standard InChI is InChI=1S/C20H28O2/c1-13(21)22-19-10-9-18-17-8-7-14-5-3-4-6-15(14)16(17)11-12-20(18,19)2/h3,5,7-8,14-19H,4,6,9-12H2,1-2H3/t14?,15-,16?,17?,18?,19-,20-/m0/s1. The average molecular weight is 300 g/mol. The molecule has 2 saturated carbocycles. The van der Waals surface area contributed by atoms with Crippen LogP contribution in [0.1, 0.15) is 52.4 Å². The molecule has 4 aliphatic carbocycles. The Kier molecular flexibility index (Phi) is 3.47. The highest BCUT2D eigenvalue weighted by atomic mass is 16.5. The van der Waals surface area contributed by atoms with Crippen molar-refractivity contribution < 1.29 is 9.53 Å². The van der Waals surface area contributed by atoms with Gasteiger partial charge in [0, 0.05) is 12.3 Å². The molecule has 0 amide bonds. The first-order chi connectivity index (χ1) is 10.6. The van der Waals surface area contributed by atoms with Gasteiger partial charge < -0.3 is 4.74 Å². The van der Waals surface area contributed by atoms with Gasteiger partial charge >= 0.3 is 5.97 Å². The van der Waals surface area contributed by atoms with Gasteiger partial charge in [-0.05, 0) is 68.1 Å². The van der Waals surface area contributed by atoms with Crippen molar-refractivity contribution in [1.82, 2.24) is 0 Å². The van der Waals surface area contributed by atoms with Gasteiger partial charge in [0.05, 0.1) is 0 Å². The van der Waals surface area contributed by atoms with Gasteiger partial charge in [0.15, 0.2) is 0 Å². The van der Waals surface area contributed by atoms with E-state index in [1.54, 1.807) is 6.92 Å². The highest BCUT2D eigenvalue weighted by Gasteiger charge is 2.56. The fourth-order valence-corrected chi connectivity index (χ4v) is 6.19. The third kappa shape index (κ3) is 2.10. The lowest BCUT2D eigenvalue weighted by Gasteiger charge is -2.52. The van der Waals surface area contributed by atoms with Crippen LogP contribution in [-0.4, -0.2) is 12.1 Å². The van der Waals surface area contributed by atoms with E-state index in [9.17, 15) is 4.79 Å². The number of fused-ring (bicyclic) bond motifs is 5. The molecular formula is C20H28O2. The van der Waals surface area contributed by atoms with Gasteiger partial charge in [-0.25, -0.2) is 0 Å². The monoisotopic (exact) mass is 300 g/mol. The molecule has 22 heavy (non-hydrogen) atoms. The summed E-state index contributed by atoms with van der Waals surface area (Å²) in [5.41, 5.74) is 0.203. The van der Waals surface area contributed by atoms with Crippen molar-refractivity contribution >= 4 is 5.97 Å². The average Bonchev–Trinajstić information content (AvgIpc) is 2.83. The van der Waals surface area contributed by atoms with Crippen LogP contribution in [0.15, 0.2) is 24.3 Å². The Balaban J connectivity index is 1.60. The van der Waals surface area contributed by atoms with Gasteiger partial charge in [0.1, 0.15) is 6.10 Å². The van der Waals surface area contributed by atoms with Crippen LogP contribution >= 0.6 is 0 Å². The molecule has 0 aromatic rings. The molecule has 0 bridgehead atoms. The van der Waals surface area contributed by atoms with Gasteiger partial charge in [-0.15, -0.1) is 0 Å². The number of allylic oxidation sites excluding steroid dienone is 4. The van der Waals surface area contributed by atoms with Crippen molar-refractivity contribution in [2.24, 2.45) is 35.0 Å². The minimum absolute atomic E-state index is 0.106. The highest BCUT2D eigenvalue weighted by Crippen LogP contribution is 2.61. The Morgan fingerprint density at radius 1 is 1.09 bits per heavy atom. The Morgan fingerprint density at radius 3 is 2.77 bits per heavy atom. The molecule has 0 N–H and O–H groups in total. The maximum Gasteiger partial charge on any atom is 0.302 e. The quantitative estimate of drug-likeness (QED) is 0.526. The predicted molar refractivity (Wildman–Crippen MR) is 87.1 cm³/mol. The van der Waals surface area contributed by atoms with Crippen molar-refractivity contribution in [2.75, 3.05) is 0 Å². The first kappa shape index (κ1) is 14.5. The molecule has 4 aliphatic rings. The molecule has 120 valence electrons. The number of ether oxygens (including phenoxy) is 1. The van der Waals surface area contributed by atoms with Crippen LogP contribution < -0.4 is 0 Å².